The lowest BCUT2D eigenvalue weighted by Crippen LogP contribution is -2.32. The van der Waals surface area contributed by atoms with Crippen molar-refractivity contribution in [3.05, 3.63) is 35.9 Å². The fourth-order valence-corrected chi connectivity index (χ4v) is 2.68. The van der Waals surface area contributed by atoms with Gasteiger partial charge in [0, 0.05) is 27.7 Å². The van der Waals surface area contributed by atoms with Gasteiger partial charge in [0.15, 0.2) is 0 Å². The Morgan fingerprint density at radius 3 is 1.71 bits per heavy atom. The lowest BCUT2D eigenvalue weighted by molar-refractivity contribution is 0.478. The van der Waals surface area contributed by atoms with Crippen molar-refractivity contribution < 1.29 is 0 Å². The van der Waals surface area contributed by atoms with E-state index in [9.17, 15) is 0 Å². The molecule has 154 valence electrons. The normalized spacial score (nSPS) is 12.8. The first-order chi connectivity index (χ1) is 12.9. The number of hydrogen-bond donors (Lipinski definition) is 2. The largest absolute Gasteiger partial charge is 0.380 e. The van der Waals surface area contributed by atoms with Gasteiger partial charge in [-0.3, -0.25) is 0 Å². The molecule has 0 aliphatic rings. The third-order valence-electron chi connectivity index (χ3n) is 5.10. The van der Waals surface area contributed by atoms with Gasteiger partial charge in [-0.05, 0) is 38.0 Å². The highest BCUT2D eigenvalue weighted by Gasteiger charge is 2.25. The van der Waals surface area contributed by atoms with Crippen molar-refractivity contribution in [1.82, 2.24) is 15.0 Å². The van der Waals surface area contributed by atoms with Crippen LogP contribution in [0.4, 0.5) is 17.3 Å². The Morgan fingerprint density at radius 1 is 0.750 bits per heavy atom. The van der Waals surface area contributed by atoms with Crippen LogP contribution >= 0.6 is 0 Å². The summed E-state index contributed by atoms with van der Waals surface area (Å²) in [6, 6.07) is 8.30. The van der Waals surface area contributed by atoms with Crippen LogP contribution in [0.5, 0.6) is 0 Å². The fourth-order valence-electron chi connectivity index (χ4n) is 2.68. The minimum atomic E-state index is -0.146. The molecule has 0 bridgehead atoms. The van der Waals surface area contributed by atoms with E-state index in [0.29, 0.717) is 5.95 Å². The Bertz CT molecular complexity index is 763. The van der Waals surface area contributed by atoms with Crippen molar-refractivity contribution in [3.63, 3.8) is 0 Å². The van der Waals surface area contributed by atoms with Crippen LogP contribution in [0.2, 0.25) is 0 Å². The van der Waals surface area contributed by atoms with Crippen molar-refractivity contribution in [1.29, 1.82) is 0 Å². The molecule has 2 N–H and O–H groups in total. The standard InChI is InChI=1S/C23H37N5/c1-10-23(9,11-2)28-17-14-12-13-16(15-17)24-20-26-18(21(3,4)5)25-19(27-20)22(6,7)8/h12-15,28H,10-11H2,1-9H3,(H,24,25,26,27). The highest BCUT2D eigenvalue weighted by molar-refractivity contribution is 5.61. The second kappa shape index (κ2) is 8.06. The van der Waals surface area contributed by atoms with Crippen molar-refractivity contribution in [2.24, 2.45) is 0 Å². The maximum absolute atomic E-state index is 4.73. The van der Waals surface area contributed by atoms with E-state index in [2.05, 4.69) is 85.1 Å². The molecule has 0 saturated heterocycles. The minimum absolute atomic E-state index is 0.0879. The predicted molar refractivity (Wildman–Crippen MR) is 120 cm³/mol. The van der Waals surface area contributed by atoms with Crippen molar-refractivity contribution >= 4 is 17.3 Å². The van der Waals surface area contributed by atoms with Crippen molar-refractivity contribution in [3.8, 4) is 0 Å². The van der Waals surface area contributed by atoms with Crippen LogP contribution in [0.3, 0.4) is 0 Å². The molecule has 0 atom stereocenters. The molecule has 0 spiro atoms. The SMILES string of the molecule is CCC(C)(CC)Nc1cccc(Nc2nc(C(C)(C)C)nc(C(C)(C)C)n2)c1. The van der Waals surface area contributed by atoms with Crippen LogP contribution in [0.25, 0.3) is 0 Å². The molecular formula is C23H37N5. The number of nitrogens with zero attached hydrogens (tertiary/aromatic N) is 3. The first kappa shape index (κ1) is 22.1. The number of nitrogens with one attached hydrogen (secondary N) is 2. The van der Waals surface area contributed by atoms with Crippen LogP contribution in [0.15, 0.2) is 24.3 Å². The summed E-state index contributed by atoms with van der Waals surface area (Å²) in [5.41, 5.74) is 1.85. The van der Waals surface area contributed by atoms with Gasteiger partial charge in [0.25, 0.3) is 0 Å². The second-order valence-electron chi connectivity index (χ2n) is 9.90. The van der Waals surface area contributed by atoms with E-state index in [1.54, 1.807) is 0 Å². The fraction of sp³-hybridized carbons (Fsp3) is 0.609. The Labute approximate surface area is 170 Å². The third-order valence-corrected chi connectivity index (χ3v) is 5.10. The quantitative estimate of drug-likeness (QED) is 0.621. The molecule has 5 heteroatoms. The average molecular weight is 384 g/mol. The Balaban J connectivity index is 2.36. The Kier molecular flexibility index (Phi) is 6.37. The maximum Gasteiger partial charge on any atom is 0.230 e. The van der Waals surface area contributed by atoms with E-state index in [0.717, 1.165) is 35.9 Å². The zero-order valence-corrected chi connectivity index (χ0v) is 19.1. The molecule has 0 saturated carbocycles. The van der Waals surface area contributed by atoms with E-state index in [1.807, 2.05) is 12.1 Å². The average Bonchev–Trinajstić information content (AvgIpc) is 2.60. The molecule has 5 nitrogen and oxygen atoms in total. The molecule has 2 rings (SSSR count). The molecule has 2 aromatic rings. The van der Waals surface area contributed by atoms with Gasteiger partial charge in [-0.2, -0.15) is 9.97 Å². The summed E-state index contributed by atoms with van der Waals surface area (Å²) in [6.45, 7) is 19.4. The van der Waals surface area contributed by atoms with E-state index < -0.39 is 0 Å². The highest BCUT2D eigenvalue weighted by atomic mass is 15.2. The maximum atomic E-state index is 4.73. The first-order valence-corrected chi connectivity index (χ1v) is 10.3. The summed E-state index contributed by atoms with van der Waals surface area (Å²) in [6.07, 6.45) is 2.14. The predicted octanol–water partition coefficient (Wildman–Crippen LogP) is 6.20. The lowest BCUT2D eigenvalue weighted by Gasteiger charge is -2.29. The van der Waals surface area contributed by atoms with Crippen LogP contribution in [0.1, 0.15) is 86.8 Å². The summed E-state index contributed by atoms with van der Waals surface area (Å²) in [5, 5.41) is 7.05. The molecule has 28 heavy (non-hydrogen) atoms. The number of benzene rings is 1. The number of anilines is 3. The number of aromatic nitrogens is 3. The Morgan fingerprint density at radius 2 is 1.25 bits per heavy atom. The molecular weight excluding hydrogens is 346 g/mol. The zero-order chi connectivity index (χ0) is 21.2. The van der Waals surface area contributed by atoms with Gasteiger partial charge in [0.2, 0.25) is 5.95 Å². The van der Waals surface area contributed by atoms with Gasteiger partial charge in [0.05, 0.1) is 0 Å². The van der Waals surface area contributed by atoms with E-state index in [-0.39, 0.29) is 16.4 Å². The van der Waals surface area contributed by atoms with Gasteiger partial charge in [-0.1, -0.05) is 61.5 Å². The molecule has 0 unspecified atom stereocenters. The number of hydrogen-bond acceptors (Lipinski definition) is 5. The van der Waals surface area contributed by atoms with Crippen molar-refractivity contribution in [2.75, 3.05) is 10.6 Å². The third kappa shape index (κ3) is 5.66. The van der Waals surface area contributed by atoms with Crippen molar-refractivity contribution in [2.45, 2.75) is 91.5 Å². The van der Waals surface area contributed by atoms with Gasteiger partial charge in [0.1, 0.15) is 11.6 Å². The summed E-state index contributed by atoms with van der Waals surface area (Å²) in [7, 11) is 0. The first-order valence-electron chi connectivity index (χ1n) is 10.3. The van der Waals surface area contributed by atoms with Gasteiger partial charge in [-0.15, -0.1) is 0 Å². The highest BCUT2D eigenvalue weighted by Crippen LogP contribution is 2.27. The lowest BCUT2D eigenvalue weighted by atomic mass is 9.93. The van der Waals surface area contributed by atoms with E-state index in [4.69, 9.17) is 15.0 Å². The molecule has 0 aliphatic heterocycles. The Hall–Kier alpha value is -2.17. The second-order valence-corrected chi connectivity index (χ2v) is 9.90. The molecule has 0 aliphatic carbocycles. The zero-order valence-electron chi connectivity index (χ0n) is 19.1. The molecule has 1 aromatic heterocycles. The van der Waals surface area contributed by atoms with Gasteiger partial charge < -0.3 is 10.6 Å². The monoisotopic (exact) mass is 383 g/mol. The van der Waals surface area contributed by atoms with Crippen LogP contribution in [-0.4, -0.2) is 20.5 Å². The molecule has 1 heterocycles. The number of rotatable bonds is 6. The van der Waals surface area contributed by atoms with Crippen LogP contribution in [-0.2, 0) is 10.8 Å². The minimum Gasteiger partial charge on any atom is -0.380 e. The summed E-state index contributed by atoms with van der Waals surface area (Å²) < 4.78 is 0. The smallest absolute Gasteiger partial charge is 0.230 e. The van der Waals surface area contributed by atoms with Gasteiger partial charge in [-0.25, -0.2) is 4.98 Å². The molecule has 0 amide bonds. The molecule has 0 radical (unpaired) electrons. The van der Waals surface area contributed by atoms with Crippen LogP contribution < -0.4 is 10.6 Å². The van der Waals surface area contributed by atoms with Crippen LogP contribution in [0, 0.1) is 0 Å². The van der Waals surface area contributed by atoms with E-state index >= 15 is 0 Å². The summed E-state index contributed by atoms with van der Waals surface area (Å²) >= 11 is 0. The topological polar surface area (TPSA) is 62.7 Å². The van der Waals surface area contributed by atoms with E-state index in [1.165, 1.54) is 0 Å². The summed E-state index contributed by atoms with van der Waals surface area (Å²) in [4.78, 5) is 14.1. The summed E-state index contributed by atoms with van der Waals surface area (Å²) in [5.74, 6) is 2.19. The van der Waals surface area contributed by atoms with Gasteiger partial charge >= 0.3 is 0 Å². The molecule has 1 aromatic carbocycles. The molecule has 0 fully saturated rings.